The molecule has 1 N–H and O–H groups in total. The van der Waals surface area contributed by atoms with Gasteiger partial charge in [-0.05, 0) is 37.3 Å². The number of fused-ring (bicyclic) bond motifs is 1. The fraction of sp³-hybridized carbons (Fsp3) is 0.500. The van der Waals surface area contributed by atoms with Crippen LogP contribution in [0, 0.1) is 0 Å². The summed E-state index contributed by atoms with van der Waals surface area (Å²) in [6, 6.07) is 8.28. The van der Waals surface area contributed by atoms with E-state index in [2.05, 4.69) is 23.5 Å². The van der Waals surface area contributed by atoms with Gasteiger partial charge in [0.15, 0.2) is 0 Å². The molecule has 1 aromatic rings. The lowest BCUT2D eigenvalue weighted by Gasteiger charge is -2.29. The lowest BCUT2D eigenvalue weighted by molar-refractivity contribution is -0.131. The molecule has 1 amide bonds. The summed E-state index contributed by atoms with van der Waals surface area (Å²) in [4.78, 5) is 14.3. The van der Waals surface area contributed by atoms with Crippen molar-refractivity contribution in [3.05, 3.63) is 29.8 Å². The molecule has 3 nitrogen and oxygen atoms in total. The van der Waals surface area contributed by atoms with Crippen molar-refractivity contribution in [1.29, 1.82) is 0 Å². The van der Waals surface area contributed by atoms with Crippen LogP contribution in [0.2, 0.25) is 0 Å². The molecule has 1 atom stereocenters. The first-order valence-corrected chi connectivity index (χ1v) is 6.48. The molecule has 90 valence electrons. The van der Waals surface area contributed by atoms with Crippen LogP contribution in [-0.2, 0) is 11.2 Å². The lowest BCUT2D eigenvalue weighted by atomic mass is 9.97. The van der Waals surface area contributed by atoms with Gasteiger partial charge in [0.25, 0.3) is 0 Å². The van der Waals surface area contributed by atoms with E-state index in [-0.39, 0.29) is 11.9 Å². The number of hydrogen-bond donors (Lipinski definition) is 1. The molecule has 3 rings (SSSR count). The quantitative estimate of drug-likeness (QED) is 0.800. The highest BCUT2D eigenvalue weighted by Crippen LogP contribution is 2.25. The first-order chi connectivity index (χ1) is 8.34. The fourth-order valence-electron chi connectivity index (χ4n) is 2.78. The Morgan fingerprint density at radius 3 is 2.82 bits per heavy atom. The first-order valence-electron chi connectivity index (χ1n) is 6.48. The standard InChI is InChI=1S/C14H18N2O/c17-14(16-9-3-4-10-16)13-8-7-11-5-1-2-6-12(11)15-13/h1-2,5-6,13,15H,3-4,7-10H2. The van der Waals surface area contributed by atoms with Crippen molar-refractivity contribution >= 4 is 11.6 Å². The van der Waals surface area contributed by atoms with Crippen LogP contribution in [-0.4, -0.2) is 29.9 Å². The average molecular weight is 230 g/mol. The summed E-state index contributed by atoms with van der Waals surface area (Å²) >= 11 is 0. The van der Waals surface area contributed by atoms with Crippen LogP contribution < -0.4 is 5.32 Å². The Hall–Kier alpha value is -1.51. The minimum Gasteiger partial charge on any atom is -0.373 e. The number of amides is 1. The predicted octanol–water partition coefficient (Wildman–Crippen LogP) is 2.04. The van der Waals surface area contributed by atoms with Crippen LogP contribution in [0.1, 0.15) is 24.8 Å². The number of anilines is 1. The Balaban J connectivity index is 1.73. The van der Waals surface area contributed by atoms with Crippen LogP contribution in [0.15, 0.2) is 24.3 Å². The van der Waals surface area contributed by atoms with E-state index < -0.39 is 0 Å². The number of para-hydroxylation sites is 1. The zero-order chi connectivity index (χ0) is 11.7. The van der Waals surface area contributed by atoms with Gasteiger partial charge in [-0.25, -0.2) is 0 Å². The SMILES string of the molecule is O=C(C1CCc2ccccc2N1)N1CCCC1. The minimum absolute atomic E-state index is 0.0111. The van der Waals surface area contributed by atoms with E-state index >= 15 is 0 Å². The van der Waals surface area contributed by atoms with Gasteiger partial charge in [-0.1, -0.05) is 18.2 Å². The highest BCUT2D eigenvalue weighted by Gasteiger charge is 2.28. The second-order valence-corrected chi connectivity index (χ2v) is 4.93. The molecule has 0 bridgehead atoms. The Morgan fingerprint density at radius 2 is 2.00 bits per heavy atom. The van der Waals surface area contributed by atoms with Gasteiger partial charge in [-0.2, -0.15) is 0 Å². The smallest absolute Gasteiger partial charge is 0.245 e. The molecule has 1 saturated heterocycles. The van der Waals surface area contributed by atoms with E-state index in [1.165, 1.54) is 5.56 Å². The average Bonchev–Trinajstić information content (AvgIpc) is 2.91. The third-order valence-electron chi connectivity index (χ3n) is 3.77. The normalized spacial score (nSPS) is 23.1. The van der Waals surface area contributed by atoms with Gasteiger partial charge >= 0.3 is 0 Å². The maximum Gasteiger partial charge on any atom is 0.245 e. The van der Waals surface area contributed by atoms with Crippen molar-refractivity contribution in [3.8, 4) is 0 Å². The molecular weight excluding hydrogens is 212 g/mol. The lowest BCUT2D eigenvalue weighted by Crippen LogP contribution is -2.43. The molecule has 1 fully saturated rings. The highest BCUT2D eigenvalue weighted by atomic mass is 16.2. The monoisotopic (exact) mass is 230 g/mol. The van der Waals surface area contributed by atoms with Gasteiger partial charge in [0.2, 0.25) is 5.91 Å². The Morgan fingerprint density at radius 1 is 1.24 bits per heavy atom. The zero-order valence-corrected chi connectivity index (χ0v) is 9.98. The van der Waals surface area contributed by atoms with Gasteiger partial charge in [0, 0.05) is 18.8 Å². The summed E-state index contributed by atoms with van der Waals surface area (Å²) in [5, 5.41) is 3.38. The Labute approximate surface area is 102 Å². The summed E-state index contributed by atoms with van der Waals surface area (Å²) < 4.78 is 0. The molecule has 1 unspecified atom stereocenters. The molecule has 0 aromatic heterocycles. The second-order valence-electron chi connectivity index (χ2n) is 4.93. The van der Waals surface area contributed by atoms with Gasteiger partial charge < -0.3 is 10.2 Å². The molecule has 0 spiro atoms. The van der Waals surface area contributed by atoms with Gasteiger partial charge in [0.1, 0.15) is 6.04 Å². The van der Waals surface area contributed by atoms with Gasteiger partial charge in [-0.15, -0.1) is 0 Å². The van der Waals surface area contributed by atoms with E-state index in [1.807, 2.05) is 11.0 Å². The van der Waals surface area contributed by atoms with E-state index in [4.69, 9.17) is 0 Å². The number of carbonyl (C=O) groups excluding carboxylic acids is 1. The molecular formula is C14H18N2O. The van der Waals surface area contributed by atoms with Crippen molar-refractivity contribution in [3.63, 3.8) is 0 Å². The number of hydrogen-bond acceptors (Lipinski definition) is 2. The molecule has 1 aromatic carbocycles. The maximum atomic E-state index is 12.3. The number of likely N-dealkylation sites (tertiary alicyclic amines) is 1. The molecule has 2 heterocycles. The Bertz CT molecular complexity index is 424. The minimum atomic E-state index is -0.0111. The summed E-state index contributed by atoms with van der Waals surface area (Å²) in [5.41, 5.74) is 2.47. The van der Waals surface area contributed by atoms with Crippen molar-refractivity contribution < 1.29 is 4.79 Å². The van der Waals surface area contributed by atoms with Crippen LogP contribution in [0.3, 0.4) is 0 Å². The van der Waals surface area contributed by atoms with Gasteiger partial charge in [0.05, 0.1) is 0 Å². The molecule has 0 aliphatic carbocycles. The Kier molecular flexibility index (Phi) is 2.75. The van der Waals surface area contributed by atoms with E-state index in [9.17, 15) is 4.79 Å². The van der Waals surface area contributed by atoms with Crippen molar-refractivity contribution in [2.75, 3.05) is 18.4 Å². The fourth-order valence-corrected chi connectivity index (χ4v) is 2.78. The van der Waals surface area contributed by atoms with Crippen molar-refractivity contribution in [2.45, 2.75) is 31.7 Å². The molecule has 0 saturated carbocycles. The number of rotatable bonds is 1. The highest BCUT2D eigenvalue weighted by molar-refractivity contribution is 5.85. The summed E-state index contributed by atoms with van der Waals surface area (Å²) in [6.07, 6.45) is 4.25. The number of carbonyl (C=O) groups is 1. The third-order valence-corrected chi connectivity index (χ3v) is 3.77. The number of nitrogens with one attached hydrogen (secondary N) is 1. The number of nitrogens with zero attached hydrogens (tertiary/aromatic N) is 1. The summed E-state index contributed by atoms with van der Waals surface area (Å²) in [6.45, 7) is 1.89. The van der Waals surface area contributed by atoms with Gasteiger partial charge in [-0.3, -0.25) is 4.79 Å². The maximum absolute atomic E-state index is 12.3. The van der Waals surface area contributed by atoms with E-state index in [0.717, 1.165) is 44.5 Å². The molecule has 0 radical (unpaired) electrons. The van der Waals surface area contributed by atoms with Crippen LogP contribution in [0.25, 0.3) is 0 Å². The summed E-state index contributed by atoms with van der Waals surface area (Å²) in [5.74, 6) is 0.289. The summed E-state index contributed by atoms with van der Waals surface area (Å²) in [7, 11) is 0. The molecule has 3 heteroatoms. The van der Waals surface area contributed by atoms with E-state index in [1.54, 1.807) is 0 Å². The van der Waals surface area contributed by atoms with Crippen LogP contribution >= 0.6 is 0 Å². The van der Waals surface area contributed by atoms with Crippen LogP contribution in [0.5, 0.6) is 0 Å². The number of aryl methyl sites for hydroxylation is 1. The third kappa shape index (κ3) is 2.02. The molecule has 2 aliphatic heterocycles. The number of benzene rings is 1. The predicted molar refractivity (Wildman–Crippen MR) is 68.0 cm³/mol. The van der Waals surface area contributed by atoms with Crippen LogP contribution in [0.4, 0.5) is 5.69 Å². The van der Waals surface area contributed by atoms with Crippen molar-refractivity contribution in [1.82, 2.24) is 4.90 Å². The zero-order valence-electron chi connectivity index (χ0n) is 9.98. The molecule has 17 heavy (non-hydrogen) atoms. The second kappa shape index (κ2) is 4.40. The van der Waals surface area contributed by atoms with Crippen molar-refractivity contribution in [2.24, 2.45) is 0 Å². The first kappa shape index (κ1) is 10.6. The topological polar surface area (TPSA) is 32.3 Å². The van der Waals surface area contributed by atoms with E-state index in [0.29, 0.717) is 0 Å². The molecule has 2 aliphatic rings. The largest absolute Gasteiger partial charge is 0.373 e.